The van der Waals surface area contributed by atoms with Crippen LogP contribution in [0.1, 0.15) is 16.7 Å². The molecule has 0 bridgehead atoms. The highest BCUT2D eigenvalue weighted by atomic mass is 32.2. The van der Waals surface area contributed by atoms with E-state index in [4.69, 9.17) is 4.74 Å². The van der Waals surface area contributed by atoms with Gasteiger partial charge in [0, 0.05) is 22.9 Å². The van der Waals surface area contributed by atoms with E-state index in [2.05, 4.69) is 0 Å². The zero-order chi connectivity index (χ0) is 18.7. The van der Waals surface area contributed by atoms with Gasteiger partial charge in [0.15, 0.2) is 0 Å². The fraction of sp³-hybridized carbons (Fsp3) is 0.316. The molecule has 1 aliphatic rings. The smallest absolute Gasteiger partial charge is 0.244 e. The largest absolute Gasteiger partial charge is 0.379 e. The van der Waals surface area contributed by atoms with Crippen LogP contribution in [-0.2, 0) is 14.8 Å². The molecule has 26 heavy (non-hydrogen) atoms. The third-order valence-electron chi connectivity index (χ3n) is 4.22. The molecule has 0 aliphatic carbocycles. The number of ether oxygens (including phenoxy) is 1. The van der Waals surface area contributed by atoms with E-state index in [0.717, 1.165) is 16.0 Å². The van der Waals surface area contributed by atoms with E-state index < -0.39 is 10.0 Å². The van der Waals surface area contributed by atoms with Crippen LogP contribution in [0, 0.1) is 25.2 Å². The lowest BCUT2D eigenvalue weighted by atomic mass is 10.2. The van der Waals surface area contributed by atoms with Crippen LogP contribution in [0.25, 0.3) is 0 Å². The molecule has 0 spiro atoms. The molecule has 1 saturated heterocycles. The number of morpholine rings is 1. The Morgan fingerprint density at radius 2 is 1.81 bits per heavy atom. The van der Waals surface area contributed by atoms with E-state index in [-0.39, 0.29) is 4.90 Å². The van der Waals surface area contributed by atoms with Crippen LogP contribution in [0.5, 0.6) is 0 Å². The predicted octanol–water partition coefficient (Wildman–Crippen LogP) is 3.35. The van der Waals surface area contributed by atoms with Crippen molar-refractivity contribution in [1.82, 2.24) is 4.31 Å². The Morgan fingerprint density at radius 1 is 1.08 bits per heavy atom. The van der Waals surface area contributed by atoms with Gasteiger partial charge in [0.05, 0.1) is 29.7 Å². The lowest BCUT2D eigenvalue weighted by Crippen LogP contribution is -2.40. The zero-order valence-electron chi connectivity index (χ0n) is 14.7. The molecule has 2 aromatic carbocycles. The fourth-order valence-electron chi connectivity index (χ4n) is 2.73. The van der Waals surface area contributed by atoms with Crippen molar-refractivity contribution in [3.63, 3.8) is 0 Å². The Bertz CT molecular complexity index is 959. The summed E-state index contributed by atoms with van der Waals surface area (Å²) < 4.78 is 33.0. The Kier molecular flexibility index (Phi) is 5.68. The van der Waals surface area contributed by atoms with Gasteiger partial charge in [-0.25, -0.2) is 8.42 Å². The second kappa shape index (κ2) is 7.80. The van der Waals surface area contributed by atoms with Crippen molar-refractivity contribution in [2.24, 2.45) is 0 Å². The molecule has 0 unspecified atom stereocenters. The number of nitriles is 1. The first kappa shape index (κ1) is 18.9. The normalized spacial score (nSPS) is 15.6. The Morgan fingerprint density at radius 3 is 2.50 bits per heavy atom. The minimum Gasteiger partial charge on any atom is -0.379 e. The van der Waals surface area contributed by atoms with Crippen molar-refractivity contribution >= 4 is 21.8 Å². The van der Waals surface area contributed by atoms with Crippen LogP contribution in [0.15, 0.2) is 51.1 Å². The molecule has 2 aromatic rings. The van der Waals surface area contributed by atoms with Crippen LogP contribution in [0.4, 0.5) is 0 Å². The molecular formula is C19H20N2O3S2. The molecule has 1 aliphatic heterocycles. The topological polar surface area (TPSA) is 70.4 Å². The van der Waals surface area contributed by atoms with Crippen molar-refractivity contribution in [3.05, 3.63) is 53.1 Å². The second-order valence-electron chi connectivity index (χ2n) is 6.16. The Labute approximate surface area is 158 Å². The van der Waals surface area contributed by atoms with Crippen LogP contribution in [0.3, 0.4) is 0 Å². The number of sulfonamides is 1. The average Bonchev–Trinajstić information content (AvgIpc) is 2.65. The van der Waals surface area contributed by atoms with Gasteiger partial charge < -0.3 is 4.74 Å². The molecule has 1 fully saturated rings. The van der Waals surface area contributed by atoms with Crippen molar-refractivity contribution in [2.45, 2.75) is 28.5 Å². The summed E-state index contributed by atoms with van der Waals surface area (Å²) in [6, 6.07) is 13.0. The molecule has 5 nitrogen and oxygen atoms in total. The van der Waals surface area contributed by atoms with E-state index in [1.165, 1.54) is 22.1 Å². The SMILES string of the molecule is Cc1ccc(C)c(Sc2ccc(C#N)cc2S(=O)(=O)N2CCOCC2)c1. The van der Waals surface area contributed by atoms with Crippen LogP contribution in [0.2, 0.25) is 0 Å². The standard InChI is InChI=1S/C19H20N2O3S2/c1-14-3-4-15(2)18(11-14)25-17-6-5-16(13-20)12-19(17)26(22,23)21-7-9-24-10-8-21/h3-6,11-12H,7-10H2,1-2H3. The maximum absolute atomic E-state index is 13.2. The molecule has 0 N–H and O–H groups in total. The van der Waals surface area contributed by atoms with Gasteiger partial charge in [-0.15, -0.1) is 0 Å². The third kappa shape index (κ3) is 3.94. The summed E-state index contributed by atoms with van der Waals surface area (Å²) in [5.74, 6) is 0. The highest BCUT2D eigenvalue weighted by Gasteiger charge is 2.29. The van der Waals surface area contributed by atoms with Gasteiger partial charge in [-0.3, -0.25) is 0 Å². The average molecular weight is 389 g/mol. The molecule has 7 heteroatoms. The molecular weight excluding hydrogens is 368 g/mol. The molecule has 0 aromatic heterocycles. The van der Waals surface area contributed by atoms with Gasteiger partial charge in [-0.1, -0.05) is 23.9 Å². The summed E-state index contributed by atoms with van der Waals surface area (Å²) in [5, 5.41) is 9.21. The fourth-order valence-corrected chi connectivity index (χ4v) is 5.68. The van der Waals surface area contributed by atoms with E-state index in [1.54, 1.807) is 12.1 Å². The number of nitrogens with zero attached hydrogens (tertiary/aromatic N) is 2. The molecule has 1 heterocycles. The monoisotopic (exact) mass is 388 g/mol. The number of hydrogen-bond donors (Lipinski definition) is 0. The van der Waals surface area contributed by atoms with Gasteiger partial charge >= 0.3 is 0 Å². The molecule has 0 radical (unpaired) electrons. The van der Waals surface area contributed by atoms with Crippen molar-refractivity contribution < 1.29 is 13.2 Å². The van der Waals surface area contributed by atoms with Gasteiger partial charge in [-0.05, 0) is 49.2 Å². The highest BCUT2D eigenvalue weighted by Crippen LogP contribution is 2.36. The van der Waals surface area contributed by atoms with Crippen molar-refractivity contribution in [2.75, 3.05) is 26.3 Å². The minimum absolute atomic E-state index is 0.185. The Balaban J connectivity index is 2.06. The number of hydrogen-bond acceptors (Lipinski definition) is 5. The second-order valence-corrected chi connectivity index (χ2v) is 9.15. The van der Waals surface area contributed by atoms with Gasteiger partial charge in [0.1, 0.15) is 0 Å². The van der Waals surface area contributed by atoms with Crippen molar-refractivity contribution in [1.29, 1.82) is 5.26 Å². The van der Waals surface area contributed by atoms with Crippen LogP contribution < -0.4 is 0 Å². The minimum atomic E-state index is -3.69. The summed E-state index contributed by atoms with van der Waals surface area (Å²) in [4.78, 5) is 1.82. The van der Waals surface area contributed by atoms with Crippen LogP contribution >= 0.6 is 11.8 Å². The summed E-state index contributed by atoms with van der Waals surface area (Å²) in [6.07, 6.45) is 0. The van der Waals surface area contributed by atoms with E-state index in [1.807, 2.05) is 38.1 Å². The lowest BCUT2D eigenvalue weighted by molar-refractivity contribution is 0.0729. The molecule has 0 atom stereocenters. The molecule has 136 valence electrons. The van der Waals surface area contributed by atoms with Gasteiger partial charge in [0.2, 0.25) is 10.0 Å². The number of aryl methyl sites for hydroxylation is 2. The van der Waals surface area contributed by atoms with Crippen LogP contribution in [-0.4, -0.2) is 39.0 Å². The maximum atomic E-state index is 13.2. The Hall–Kier alpha value is -1.85. The summed E-state index contributed by atoms with van der Waals surface area (Å²) >= 11 is 1.42. The molecule has 0 saturated carbocycles. The highest BCUT2D eigenvalue weighted by molar-refractivity contribution is 8.00. The van der Waals surface area contributed by atoms with Gasteiger partial charge in [0.25, 0.3) is 0 Å². The third-order valence-corrected chi connectivity index (χ3v) is 7.53. The first-order valence-electron chi connectivity index (χ1n) is 8.29. The first-order chi connectivity index (χ1) is 12.4. The number of rotatable bonds is 4. The van der Waals surface area contributed by atoms with E-state index in [0.29, 0.717) is 36.8 Å². The summed E-state index contributed by atoms with van der Waals surface area (Å²) in [5.41, 5.74) is 2.53. The quantitative estimate of drug-likeness (QED) is 0.803. The van der Waals surface area contributed by atoms with Gasteiger partial charge in [-0.2, -0.15) is 9.57 Å². The summed E-state index contributed by atoms with van der Waals surface area (Å²) in [6.45, 7) is 5.43. The van der Waals surface area contributed by atoms with Crippen molar-refractivity contribution in [3.8, 4) is 6.07 Å². The maximum Gasteiger partial charge on any atom is 0.244 e. The lowest BCUT2D eigenvalue weighted by Gasteiger charge is -2.27. The number of benzene rings is 2. The molecule has 0 amide bonds. The molecule has 3 rings (SSSR count). The first-order valence-corrected chi connectivity index (χ1v) is 10.5. The summed E-state index contributed by atoms with van der Waals surface area (Å²) in [7, 11) is -3.69. The van der Waals surface area contributed by atoms with E-state index >= 15 is 0 Å². The zero-order valence-corrected chi connectivity index (χ0v) is 16.4. The van der Waals surface area contributed by atoms with E-state index in [9.17, 15) is 13.7 Å². The predicted molar refractivity (Wildman–Crippen MR) is 101 cm³/mol.